The van der Waals surface area contributed by atoms with Crippen LogP contribution in [0.4, 0.5) is 0 Å². The van der Waals surface area contributed by atoms with Crippen molar-refractivity contribution in [3.8, 4) is 6.07 Å². The van der Waals surface area contributed by atoms with Gasteiger partial charge in [0, 0.05) is 6.42 Å². The van der Waals surface area contributed by atoms with E-state index in [-0.39, 0.29) is 5.91 Å². The highest BCUT2D eigenvalue weighted by Crippen LogP contribution is 2.28. The van der Waals surface area contributed by atoms with E-state index in [1.165, 1.54) is 51.4 Å². The second kappa shape index (κ2) is 7.67. The first-order valence-electron chi connectivity index (χ1n) is 8.46. The monoisotopic (exact) mass is 276 g/mol. The van der Waals surface area contributed by atoms with Gasteiger partial charge in [0.2, 0.25) is 5.91 Å². The van der Waals surface area contributed by atoms with E-state index in [2.05, 4.69) is 11.4 Å². The molecule has 0 aliphatic heterocycles. The van der Waals surface area contributed by atoms with Gasteiger partial charge in [0.15, 0.2) is 0 Å². The fraction of sp³-hybridized carbons (Fsp3) is 0.882. The van der Waals surface area contributed by atoms with Crippen LogP contribution in [0.25, 0.3) is 0 Å². The van der Waals surface area contributed by atoms with Crippen molar-refractivity contribution in [2.24, 2.45) is 5.92 Å². The zero-order valence-corrected chi connectivity index (χ0v) is 12.6. The average molecular weight is 276 g/mol. The maximum atomic E-state index is 12.3. The number of carbonyl (C=O) groups is 1. The van der Waals surface area contributed by atoms with Crippen LogP contribution >= 0.6 is 0 Å². The Morgan fingerprint density at radius 2 is 1.55 bits per heavy atom. The van der Waals surface area contributed by atoms with Gasteiger partial charge >= 0.3 is 0 Å². The Bertz CT molecular complexity index is 344. The summed E-state index contributed by atoms with van der Waals surface area (Å²) in [4.78, 5) is 12.3. The number of rotatable bonds is 3. The molecule has 3 heteroatoms. The standard InChI is InChI=1S/C17H28N2O/c18-14-17(11-7-2-1-3-8-12-17)19-16(20)13-15-9-5-4-6-10-15/h15H,1-13H2,(H,19,20). The average Bonchev–Trinajstić information content (AvgIpc) is 2.43. The molecule has 0 aromatic rings. The molecule has 2 aliphatic carbocycles. The van der Waals surface area contributed by atoms with Gasteiger partial charge in [-0.1, -0.05) is 51.4 Å². The highest BCUT2D eigenvalue weighted by Gasteiger charge is 2.32. The molecular weight excluding hydrogens is 248 g/mol. The number of amides is 1. The molecule has 0 heterocycles. The first-order valence-corrected chi connectivity index (χ1v) is 8.46. The van der Waals surface area contributed by atoms with Crippen LogP contribution in [0.2, 0.25) is 0 Å². The number of nitrogens with zero attached hydrogens (tertiary/aromatic N) is 1. The largest absolute Gasteiger partial charge is 0.338 e. The molecule has 112 valence electrons. The Labute approximate surface area is 123 Å². The summed E-state index contributed by atoms with van der Waals surface area (Å²) in [5.41, 5.74) is -0.577. The van der Waals surface area contributed by atoms with Crippen LogP contribution < -0.4 is 5.32 Å². The Hall–Kier alpha value is -1.04. The van der Waals surface area contributed by atoms with Crippen molar-refractivity contribution in [1.29, 1.82) is 5.26 Å². The molecule has 0 unspecified atom stereocenters. The van der Waals surface area contributed by atoms with Crippen LogP contribution in [-0.2, 0) is 4.79 Å². The van der Waals surface area contributed by atoms with Gasteiger partial charge in [-0.2, -0.15) is 5.26 Å². The number of nitriles is 1. The van der Waals surface area contributed by atoms with Crippen LogP contribution in [0.3, 0.4) is 0 Å². The van der Waals surface area contributed by atoms with Crippen LogP contribution in [0.1, 0.15) is 83.5 Å². The van der Waals surface area contributed by atoms with Gasteiger partial charge in [-0.15, -0.1) is 0 Å². The minimum absolute atomic E-state index is 0.110. The van der Waals surface area contributed by atoms with Gasteiger partial charge in [-0.25, -0.2) is 0 Å². The van der Waals surface area contributed by atoms with E-state index >= 15 is 0 Å². The molecule has 2 fully saturated rings. The topological polar surface area (TPSA) is 52.9 Å². The predicted octanol–water partition coefficient (Wildman–Crippen LogP) is 4.08. The lowest BCUT2D eigenvalue weighted by Gasteiger charge is -2.31. The van der Waals surface area contributed by atoms with E-state index in [1.807, 2.05) is 0 Å². The molecule has 0 saturated heterocycles. The maximum absolute atomic E-state index is 12.3. The SMILES string of the molecule is N#CC1(NC(=O)CC2CCCCC2)CCCCCCC1. The van der Waals surface area contributed by atoms with E-state index in [1.54, 1.807) is 0 Å². The number of hydrogen-bond donors (Lipinski definition) is 1. The lowest BCUT2D eigenvalue weighted by molar-refractivity contribution is -0.123. The van der Waals surface area contributed by atoms with Gasteiger partial charge in [-0.05, 0) is 31.6 Å². The van der Waals surface area contributed by atoms with E-state index < -0.39 is 5.54 Å². The van der Waals surface area contributed by atoms with E-state index in [0.29, 0.717) is 12.3 Å². The van der Waals surface area contributed by atoms with E-state index in [4.69, 9.17) is 0 Å². The molecule has 0 aromatic heterocycles. The molecule has 0 bridgehead atoms. The van der Waals surface area contributed by atoms with Crippen molar-refractivity contribution < 1.29 is 4.79 Å². The molecule has 1 N–H and O–H groups in total. The van der Waals surface area contributed by atoms with Crippen molar-refractivity contribution in [1.82, 2.24) is 5.32 Å². The van der Waals surface area contributed by atoms with E-state index in [0.717, 1.165) is 25.7 Å². The number of carbonyl (C=O) groups excluding carboxylic acids is 1. The molecule has 1 amide bonds. The highest BCUT2D eigenvalue weighted by molar-refractivity contribution is 5.77. The maximum Gasteiger partial charge on any atom is 0.221 e. The molecule has 2 saturated carbocycles. The van der Waals surface area contributed by atoms with Crippen LogP contribution in [0.15, 0.2) is 0 Å². The highest BCUT2D eigenvalue weighted by atomic mass is 16.1. The summed E-state index contributed by atoms with van der Waals surface area (Å²) >= 11 is 0. The molecule has 0 spiro atoms. The summed E-state index contributed by atoms with van der Waals surface area (Å²) in [6, 6.07) is 2.42. The first kappa shape index (κ1) is 15.4. The molecule has 0 aromatic carbocycles. The first-order chi connectivity index (χ1) is 9.74. The van der Waals surface area contributed by atoms with Crippen molar-refractivity contribution in [3.63, 3.8) is 0 Å². The minimum atomic E-state index is -0.577. The summed E-state index contributed by atoms with van der Waals surface area (Å²) in [5, 5.41) is 12.6. The zero-order valence-electron chi connectivity index (χ0n) is 12.6. The van der Waals surface area contributed by atoms with Crippen LogP contribution in [0, 0.1) is 17.2 Å². The molecule has 0 radical (unpaired) electrons. The summed E-state index contributed by atoms with van der Waals surface area (Å²) < 4.78 is 0. The van der Waals surface area contributed by atoms with Crippen molar-refractivity contribution in [2.45, 2.75) is 89.0 Å². The quantitative estimate of drug-likeness (QED) is 0.844. The van der Waals surface area contributed by atoms with Gasteiger partial charge in [0.25, 0.3) is 0 Å². The third-order valence-electron chi connectivity index (χ3n) is 5.00. The third-order valence-corrected chi connectivity index (χ3v) is 5.00. The minimum Gasteiger partial charge on any atom is -0.338 e. The van der Waals surface area contributed by atoms with Gasteiger partial charge < -0.3 is 5.32 Å². The van der Waals surface area contributed by atoms with Gasteiger partial charge in [0.1, 0.15) is 5.54 Å². The van der Waals surface area contributed by atoms with Crippen molar-refractivity contribution in [3.05, 3.63) is 0 Å². The Morgan fingerprint density at radius 1 is 1.00 bits per heavy atom. The molecular formula is C17H28N2O. The zero-order chi connectivity index (χ0) is 14.3. The van der Waals surface area contributed by atoms with Crippen LogP contribution in [0.5, 0.6) is 0 Å². The second-order valence-corrected chi connectivity index (χ2v) is 6.72. The third kappa shape index (κ3) is 4.51. The second-order valence-electron chi connectivity index (χ2n) is 6.72. The van der Waals surface area contributed by atoms with Crippen LogP contribution in [-0.4, -0.2) is 11.4 Å². The lowest BCUT2D eigenvalue weighted by atomic mass is 9.83. The lowest BCUT2D eigenvalue weighted by Crippen LogP contribution is -2.48. The number of hydrogen-bond acceptors (Lipinski definition) is 2. The fourth-order valence-corrected chi connectivity index (χ4v) is 3.74. The summed E-state index contributed by atoms with van der Waals surface area (Å²) in [6.45, 7) is 0. The molecule has 20 heavy (non-hydrogen) atoms. The molecule has 2 aliphatic rings. The molecule has 0 atom stereocenters. The fourth-order valence-electron chi connectivity index (χ4n) is 3.74. The Morgan fingerprint density at radius 3 is 2.15 bits per heavy atom. The van der Waals surface area contributed by atoms with Crippen molar-refractivity contribution in [2.75, 3.05) is 0 Å². The molecule has 3 nitrogen and oxygen atoms in total. The summed E-state index contributed by atoms with van der Waals surface area (Å²) in [5.74, 6) is 0.659. The van der Waals surface area contributed by atoms with Gasteiger partial charge in [-0.3, -0.25) is 4.79 Å². The number of nitrogens with one attached hydrogen (secondary N) is 1. The summed E-state index contributed by atoms with van der Waals surface area (Å²) in [6.07, 6.45) is 14.3. The Balaban J connectivity index is 1.87. The smallest absolute Gasteiger partial charge is 0.221 e. The van der Waals surface area contributed by atoms with E-state index in [9.17, 15) is 10.1 Å². The Kier molecular flexibility index (Phi) is 5.88. The normalized spacial score (nSPS) is 24.1. The predicted molar refractivity (Wildman–Crippen MR) is 80.0 cm³/mol. The van der Waals surface area contributed by atoms with Gasteiger partial charge in [0.05, 0.1) is 6.07 Å². The molecule has 2 rings (SSSR count). The van der Waals surface area contributed by atoms with Crippen molar-refractivity contribution >= 4 is 5.91 Å². The summed E-state index contributed by atoms with van der Waals surface area (Å²) in [7, 11) is 0.